The summed E-state index contributed by atoms with van der Waals surface area (Å²) in [7, 11) is 0. The molecule has 0 saturated carbocycles. The Balaban J connectivity index is 2.80. The molecule has 0 saturated heterocycles. The minimum Gasteiger partial charge on any atom is -0.359 e. The van der Waals surface area contributed by atoms with Crippen LogP contribution in [0.5, 0.6) is 0 Å². The van der Waals surface area contributed by atoms with E-state index in [0.717, 1.165) is 5.52 Å². The van der Waals surface area contributed by atoms with Gasteiger partial charge in [0, 0.05) is 6.20 Å². The van der Waals surface area contributed by atoms with E-state index >= 15 is 0 Å². The Labute approximate surface area is 73.8 Å². The van der Waals surface area contributed by atoms with Crippen molar-refractivity contribution in [1.82, 2.24) is 9.97 Å². The molecule has 0 bridgehead atoms. The molecule has 0 aliphatic carbocycles. The first-order valence-corrected chi connectivity index (χ1v) is 3.68. The van der Waals surface area contributed by atoms with Crippen LogP contribution in [0.3, 0.4) is 0 Å². The largest absolute Gasteiger partial charge is 0.359 e. The molecule has 4 heteroatoms. The predicted molar refractivity (Wildman–Crippen MR) is 46.2 cm³/mol. The van der Waals surface area contributed by atoms with Gasteiger partial charge in [0.25, 0.3) is 0 Å². The molecule has 0 amide bonds. The first-order valence-electron chi connectivity index (χ1n) is 3.68. The molecule has 2 aromatic heterocycles. The van der Waals surface area contributed by atoms with Crippen LogP contribution in [-0.2, 0) is 0 Å². The van der Waals surface area contributed by atoms with E-state index in [1.807, 2.05) is 6.07 Å². The third-order valence-corrected chi connectivity index (χ3v) is 1.79. The molecule has 0 atom stereocenters. The predicted octanol–water partition coefficient (Wildman–Crippen LogP) is 1.25. The topological polar surface area (TPSA) is 69.5 Å². The second-order valence-electron chi connectivity index (χ2n) is 2.57. The number of aromatic nitrogens is 2. The Hall–Kier alpha value is -2.15. The van der Waals surface area contributed by atoms with Crippen molar-refractivity contribution in [2.45, 2.75) is 0 Å². The van der Waals surface area contributed by atoms with Gasteiger partial charge in [-0.15, -0.1) is 0 Å². The number of hydrogen-bond donors (Lipinski definition) is 1. The van der Waals surface area contributed by atoms with Gasteiger partial charge in [-0.3, -0.25) is 4.79 Å². The van der Waals surface area contributed by atoms with Crippen LogP contribution in [0.4, 0.5) is 0 Å². The molecule has 0 fully saturated rings. The summed E-state index contributed by atoms with van der Waals surface area (Å²) in [5, 5.41) is 8.59. The fourth-order valence-corrected chi connectivity index (χ4v) is 1.17. The number of nitrogens with zero attached hydrogens (tertiary/aromatic N) is 2. The summed E-state index contributed by atoms with van der Waals surface area (Å²) in [4.78, 5) is 17.4. The van der Waals surface area contributed by atoms with Crippen molar-refractivity contribution in [3.63, 3.8) is 0 Å². The number of nitrogens with one attached hydrogen (secondary N) is 1. The SMILES string of the molecule is N#Cc1ccc2[nH]cc(C=O)c2n1. The second kappa shape index (κ2) is 2.72. The van der Waals surface area contributed by atoms with Crippen LogP contribution in [0.25, 0.3) is 11.0 Å². The molecule has 0 radical (unpaired) electrons. The maximum atomic E-state index is 10.5. The fraction of sp³-hybridized carbons (Fsp3) is 0. The summed E-state index contributed by atoms with van der Waals surface area (Å²) < 4.78 is 0. The number of nitriles is 1. The first kappa shape index (κ1) is 7.50. The number of aromatic amines is 1. The van der Waals surface area contributed by atoms with E-state index in [1.54, 1.807) is 18.3 Å². The van der Waals surface area contributed by atoms with Crippen LogP contribution >= 0.6 is 0 Å². The highest BCUT2D eigenvalue weighted by atomic mass is 16.1. The van der Waals surface area contributed by atoms with Crippen LogP contribution in [0, 0.1) is 11.3 Å². The maximum Gasteiger partial charge on any atom is 0.153 e. The standard InChI is InChI=1S/C9H5N3O/c10-3-7-1-2-8-9(12-7)6(5-13)4-11-8/h1-2,4-5,11H. The Morgan fingerprint density at radius 3 is 3.08 bits per heavy atom. The Bertz CT molecular complexity index is 507. The van der Waals surface area contributed by atoms with E-state index in [-0.39, 0.29) is 0 Å². The molecule has 0 spiro atoms. The summed E-state index contributed by atoms with van der Waals surface area (Å²) in [6, 6.07) is 5.25. The van der Waals surface area contributed by atoms with Crippen LogP contribution in [0.1, 0.15) is 16.1 Å². The molecule has 0 aromatic carbocycles. The molecule has 0 aliphatic heterocycles. The van der Waals surface area contributed by atoms with Gasteiger partial charge in [-0.2, -0.15) is 5.26 Å². The Morgan fingerprint density at radius 2 is 2.38 bits per heavy atom. The molecule has 2 aromatic rings. The first-order chi connectivity index (χ1) is 6.35. The minimum atomic E-state index is 0.315. The summed E-state index contributed by atoms with van der Waals surface area (Å²) in [5.41, 5.74) is 2.11. The van der Waals surface area contributed by atoms with Crippen LogP contribution in [-0.4, -0.2) is 16.3 Å². The van der Waals surface area contributed by atoms with Crippen LogP contribution in [0.15, 0.2) is 18.3 Å². The zero-order valence-corrected chi connectivity index (χ0v) is 6.61. The molecule has 2 heterocycles. The van der Waals surface area contributed by atoms with E-state index in [1.165, 1.54) is 0 Å². The van der Waals surface area contributed by atoms with Gasteiger partial charge >= 0.3 is 0 Å². The van der Waals surface area contributed by atoms with E-state index in [4.69, 9.17) is 5.26 Å². The van der Waals surface area contributed by atoms with Gasteiger partial charge in [0.05, 0.1) is 16.6 Å². The average Bonchev–Trinajstić information content (AvgIpc) is 2.59. The number of aldehydes is 1. The van der Waals surface area contributed by atoms with Gasteiger partial charge in [-0.25, -0.2) is 4.98 Å². The smallest absolute Gasteiger partial charge is 0.153 e. The molecule has 1 N–H and O–H groups in total. The van der Waals surface area contributed by atoms with Gasteiger partial charge in [-0.05, 0) is 12.1 Å². The Kier molecular flexibility index (Phi) is 1.57. The molecule has 2 rings (SSSR count). The molecule has 62 valence electrons. The molecule has 4 nitrogen and oxygen atoms in total. The summed E-state index contributed by atoms with van der Waals surface area (Å²) in [6.45, 7) is 0. The minimum absolute atomic E-state index is 0.315. The summed E-state index contributed by atoms with van der Waals surface area (Å²) in [5.74, 6) is 0. The van der Waals surface area contributed by atoms with E-state index in [2.05, 4.69) is 9.97 Å². The lowest BCUT2D eigenvalue weighted by atomic mass is 10.2. The van der Waals surface area contributed by atoms with Crippen molar-refractivity contribution in [3.8, 4) is 6.07 Å². The van der Waals surface area contributed by atoms with Crippen molar-refractivity contribution < 1.29 is 4.79 Å². The lowest BCUT2D eigenvalue weighted by Gasteiger charge is -1.90. The summed E-state index contributed by atoms with van der Waals surface area (Å²) >= 11 is 0. The zero-order chi connectivity index (χ0) is 9.26. The van der Waals surface area contributed by atoms with Crippen molar-refractivity contribution >= 4 is 17.3 Å². The summed E-state index contributed by atoms with van der Waals surface area (Å²) in [6.07, 6.45) is 2.29. The van der Waals surface area contributed by atoms with Gasteiger partial charge < -0.3 is 4.98 Å². The van der Waals surface area contributed by atoms with Crippen molar-refractivity contribution in [1.29, 1.82) is 5.26 Å². The second-order valence-corrected chi connectivity index (χ2v) is 2.57. The third-order valence-electron chi connectivity index (χ3n) is 1.79. The van der Waals surface area contributed by atoms with E-state index < -0.39 is 0 Å². The molecular formula is C9H5N3O. The van der Waals surface area contributed by atoms with Gasteiger partial charge in [0.1, 0.15) is 11.8 Å². The molecule has 0 unspecified atom stereocenters. The maximum absolute atomic E-state index is 10.5. The normalized spacial score (nSPS) is 9.77. The third kappa shape index (κ3) is 1.07. The number of carbonyl (C=O) groups excluding carboxylic acids is 1. The number of carbonyl (C=O) groups is 1. The zero-order valence-electron chi connectivity index (χ0n) is 6.61. The van der Waals surface area contributed by atoms with Gasteiger partial charge in [0.15, 0.2) is 6.29 Å². The highest BCUT2D eigenvalue weighted by molar-refractivity contribution is 5.94. The van der Waals surface area contributed by atoms with Gasteiger partial charge in [0.2, 0.25) is 0 Å². The average molecular weight is 171 g/mol. The van der Waals surface area contributed by atoms with Crippen molar-refractivity contribution in [3.05, 3.63) is 29.6 Å². The fourth-order valence-electron chi connectivity index (χ4n) is 1.17. The lowest BCUT2D eigenvalue weighted by Crippen LogP contribution is -1.84. The lowest BCUT2D eigenvalue weighted by molar-refractivity contribution is 0.112. The number of hydrogen-bond acceptors (Lipinski definition) is 3. The molecular weight excluding hydrogens is 166 g/mol. The van der Waals surface area contributed by atoms with E-state index in [0.29, 0.717) is 23.1 Å². The highest BCUT2D eigenvalue weighted by Gasteiger charge is 2.04. The number of rotatable bonds is 1. The van der Waals surface area contributed by atoms with E-state index in [9.17, 15) is 4.79 Å². The molecule has 13 heavy (non-hydrogen) atoms. The van der Waals surface area contributed by atoms with Crippen molar-refractivity contribution in [2.75, 3.05) is 0 Å². The number of H-pyrrole nitrogens is 1. The Morgan fingerprint density at radius 1 is 1.54 bits per heavy atom. The molecule has 0 aliphatic rings. The number of pyridine rings is 1. The van der Waals surface area contributed by atoms with Crippen molar-refractivity contribution in [2.24, 2.45) is 0 Å². The van der Waals surface area contributed by atoms with Crippen LogP contribution in [0.2, 0.25) is 0 Å². The van der Waals surface area contributed by atoms with Gasteiger partial charge in [-0.1, -0.05) is 0 Å². The monoisotopic (exact) mass is 171 g/mol. The quantitative estimate of drug-likeness (QED) is 0.656. The number of fused-ring (bicyclic) bond motifs is 1. The van der Waals surface area contributed by atoms with Crippen LogP contribution < -0.4 is 0 Å². The highest BCUT2D eigenvalue weighted by Crippen LogP contribution is 2.14.